The number of carbonyl (C=O) groups excluding carboxylic acids is 1. The van der Waals surface area contributed by atoms with Crippen LogP contribution in [0, 0.1) is 0 Å². The van der Waals surface area contributed by atoms with Gasteiger partial charge in [0.2, 0.25) is 11.8 Å². The predicted octanol–water partition coefficient (Wildman–Crippen LogP) is 4.27. The summed E-state index contributed by atoms with van der Waals surface area (Å²) in [5, 5.41) is 6.62. The van der Waals surface area contributed by atoms with Crippen LogP contribution >= 0.6 is 0 Å². The Bertz CT molecular complexity index is 1230. The normalized spacial score (nSPS) is 18.6. The highest BCUT2D eigenvalue weighted by Crippen LogP contribution is 2.44. The van der Waals surface area contributed by atoms with E-state index in [9.17, 15) is 4.79 Å². The van der Waals surface area contributed by atoms with Gasteiger partial charge in [0.25, 0.3) is 0 Å². The molecule has 0 saturated carbocycles. The fraction of sp³-hybridized carbons (Fsp3) is 0.292. The quantitative estimate of drug-likeness (QED) is 0.643. The van der Waals surface area contributed by atoms with Crippen molar-refractivity contribution in [3.05, 3.63) is 48.3 Å². The summed E-state index contributed by atoms with van der Waals surface area (Å²) in [6.07, 6.45) is 4.99. The van der Waals surface area contributed by atoms with Crippen molar-refractivity contribution in [3.8, 4) is 22.8 Å². The number of anilines is 4. The lowest BCUT2D eigenvalue weighted by molar-refractivity contribution is -0.117. The molecule has 3 aliphatic rings. The predicted molar refractivity (Wildman–Crippen MR) is 122 cm³/mol. The summed E-state index contributed by atoms with van der Waals surface area (Å²) in [6, 6.07) is 9.97. The van der Waals surface area contributed by atoms with Crippen molar-refractivity contribution in [1.29, 1.82) is 0 Å². The summed E-state index contributed by atoms with van der Waals surface area (Å²) in [5.41, 5.74) is 5.70. The molecule has 1 atom stereocenters. The fourth-order valence-corrected chi connectivity index (χ4v) is 4.52. The molecule has 1 unspecified atom stereocenters. The maximum absolute atomic E-state index is 12.1. The lowest BCUT2D eigenvalue weighted by Gasteiger charge is -2.28. The van der Waals surface area contributed by atoms with Crippen LogP contribution in [0.25, 0.3) is 11.1 Å². The van der Waals surface area contributed by atoms with Gasteiger partial charge in [0, 0.05) is 54.2 Å². The molecule has 3 aliphatic heterocycles. The molecule has 1 fully saturated rings. The molecule has 8 heteroatoms. The monoisotopic (exact) mass is 429 g/mol. The van der Waals surface area contributed by atoms with Gasteiger partial charge in [-0.2, -0.15) is 0 Å². The molecular weight excluding hydrogens is 406 g/mol. The Morgan fingerprint density at radius 2 is 2.09 bits per heavy atom. The first kappa shape index (κ1) is 18.9. The Hall–Kier alpha value is -3.81. The molecule has 0 aliphatic carbocycles. The lowest BCUT2D eigenvalue weighted by atomic mass is 9.94. The topological polar surface area (TPSA) is 88.6 Å². The van der Waals surface area contributed by atoms with E-state index in [1.807, 2.05) is 48.4 Å². The van der Waals surface area contributed by atoms with Crippen molar-refractivity contribution >= 4 is 28.8 Å². The van der Waals surface area contributed by atoms with Gasteiger partial charge >= 0.3 is 0 Å². The van der Waals surface area contributed by atoms with E-state index in [1.54, 1.807) is 6.20 Å². The molecule has 1 aromatic carbocycles. The summed E-state index contributed by atoms with van der Waals surface area (Å²) < 4.78 is 11.8. The molecule has 1 amide bonds. The molecule has 8 nitrogen and oxygen atoms in total. The molecule has 3 aromatic rings. The van der Waals surface area contributed by atoms with Crippen molar-refractivity contribution in [2.45, 2.75) is 25.9 Å². The van der Waals surface area contributed by atoms with Crippen molar-refractivity contribution in [2.75, 3.05) is 35.2 Å². The highest BCUT2D eigenvalue weighted by Gasteiger charge is 2.27. The van der Waals surface area contributed by atoms with Gasteiger partial charge in [-0.25, -0.2) is 9.97 Å². The van der Waals surface area contributed by atoms with Crippen LogP contribution in [0.15, 0.2) is 42.7 Å². The first-order valence-electron chi connectivity index (χ1n) is 10.9. The van der Waals surface area contributed by atoms with Gasteiger partial charge in [0.1, 0.15) is 24.3 Å². The molecule has 1 saturated heterocycles. The first-order chi connectivity index (χ1) is 15.7. The van der Waals surface area contributed by atoms with E-state index in [-0.39, 0.29) is 12.0 Å². The number of aromatic nitrogens is 2. The van der Waals surface area contributed by atoms with Gasteiger partial charge in [0.15, 0.2) is 0 Å². The summed E-state index contributed by atoms with van der Waals surface area (Å²) in [7, 11) is 0. The molecule has 2 N–H and O–H groups in total. The molecule has 0 spiro atoms. The van der Waals surface area contributed by atoms with Gasteiger partial charge in [-0.1, -0.05) is 0 Å². The number of amides is 1. The molecule has 5 heterocycles. The highest BCUT2D eigenvalue weighted by atomic mass is 16.5. The summed E-state index contributed by atoms with van der Waals surface area (Å²) in [5.74, 6) is 2.30. The second-order valence-electron chi connectivity index (χ2n) is 8.22. The number of nitrogens with one attached hydrogen (secondary N) is 2. The molecule has 162 valence electrons. The van der Waals surface area contributed by atoms with Gasteiger partial charge in [0.05, 0.1) is 17.6 Å². The van der Waals surface area contributed by atoms with E-state index < -0.39 is 0 Å². The number of nitrogens with zero attached hydrogens (tertiary/aromatic N) is 3. The van der Waals surface area contributed by atoms with Gasteiger partial charge in [-0.05, 0) is 37.6 Å². The van der Waals surface area contributed by atoms with Gasteiger partial charge in [-0.3, -0.25) is 4.79 Å². The third-order valence-corrected chi connectivity index (χ3v) is 6.10. The maximum Gasteiger partial charge on any atom is 0.237 e. The average Bonchev–Trinajstić information content (AvgIpc) is 3.25. The summed E-state index contributed by atoms with van der Waals surface area (Å²) in [4.78, 5) is 23.0. The van der Waals surface area contributed by atoms with Crippen LogP contribution in [0.1, 0.15) is 31.4 Å². The summed E-state index contributed by atoms with van der Waals surface area (Å²) >= 11 is 0. The number of benzene rings is 1. The number of rotatable bonds is 3. The third-order valence-electron chi connectivity index (χ3n) is 6.10. The molecule has 0 radical (unpaired) electrons. The minimum absolute atomic E-state index is 0.137. The van der Waals surface area contributed by atoms with E-state index in [1.165, 1.54) is 0 Å². The van der Waals surface area contributed by atoms with Crippen molar-refractivity contribution in [2.24, 2.45) is 0 Å². The largest absolute Gasteiger partial charge is 0.485 e. The molecule has 6 rings (SSSR count). The number of fused-ring (bicyclic) bond motifs is 4. The SMILES string of the molecule is CC1Oc2cc(N3CCCC3=O)ccc2-c2cnc(Nc3cnc4c(c3)NCCO4)cc21. The second-order valence-corrected chi connectivity index (χ2v) is 8.22. The van der Waals surface area contributed by atoms with E-state index >= 15 is 0 Å². The number of ether oxygens (including phenoxy) is 2. The Morgan fingerprint density at radius 1 is 1.16 bits per heavy atom. The first-order valence-corrected chi connectivity index (χ1v) is 10.9. The average molecular weight is 429 g/mol. The van der Waals surface area contributed by atoms with Crippen LogP contribution in [0.4, 0.5) is 22.9 Å². The highest BCUT2D eigenvalue weighted by molar-refractivity contribution is 5.96. The molecule has 2 aromatic heterocycles. The Labute approximate surface area is 185 Å². The maximum atomic E-state index is 12.1. The minimum atomic E-state index is -0.137. The number of hydrogen-bond acceptors (Lipinski definition) is 7. The Morgan fingerprint density at radius 3 is 2.97 bits per heavy atom. The number of hydrogen-bond donors (Lipinski definition) is 2. The van der Waals surface area contributed by atoms with Crippen LogP contribution in [0.2, 0.25) is 0 Å². The zero-order chi connectivity index (χ0) is 21.7. The van der Waals surface area contributed by atoms with Crippen molar-refractivity contribution in [1.82, 2.24) is 9.97 Å². The van der Waals surface area contributed by atoms with Crippen LogP contribution in [0.5, 0.6) is 11.6 Å². The molecular formula is C24H23N5O3. The van der Waals surface area contributed by atoms with Crippen molar-refractivity contribution in [3.63, 3.8) is 0 Å². The molecule has 0 bridgehead atoms. The second kappa shape index (κ2) is 7.40. The standard InChI is InChI=1S/C24H23N5O3/c1-14-18-11-22(28-15-9-20-24(27-12-15)31-8-6-25-20)26-13-19(18)17-5-4-16(10-21(17)32-14)29-7-2-3-23(29)30/h4-5,9-14,25H,2-3,6-8H2,1H3,(H,26,28). The number of carbonyl (C=O) groups is 1. The van der Waals surface area contributed by atoms with E-state index in [0.29, 0.717) is 18.9 Å². The van der Waals surface area contributed by atoms with Gasteiger partial charge in [-0.15, -0.1) is 0 Å². The third kappa shape index (κ3) is 3.19. The summed E-state index contributed by atoms with van der Waals surface area (Å²) in [6.45, 7) is 4.17. The minimum Gasteiger partial charge on any atom is -0.485 e. The molecule has 32 heavy (non-hydrogen) atoms. The van der Waals surface area contributed by atoms with E-state index in [2.05, 4.69) is 20.6 Å². The Balaban J connectivity index is 1.30. The van der Waals surface area contributed by atoms with Gasteiger partial charge < -0.3 is 25.0 Å². The van der Waals surface area contributed by atoms with Crippen LogP contribution in [-0.4, -0.2) is 35.6 Å². The zero-order valence-corrected chi connectivity index (χ0v) is 17.7. The zero-order valence-electron chi connectivity index (χ0n) is 17.7. The van der Waals surface area contributed by atoms with E-state index in [4.69, 9.17) is 9.47 Å². The lowest BCUT2D eigenvalue weighted by Crippen LogP contribution is -2.24. The smallest absolute Gasteiger partial charge is 0.237 e. The van der Waals surface area contributed by atoms with Crippen molar-refractivity contribution < 1.29 is 14.3 Å². The van der Waals surface area contributed by atoms with Crippen LogP contribution in [0.3, 0.4) is 0 Å². The van der Waals surface area contributed by atoms with Crippen LogP contribution in [-0.2, 0) is 4.79 Å². The number of pyridine rings is 2. The fourth-order valence-electron chi connectivity index (χ4n) is 4.52. The Kier molecular flexibility index (Phi) is 4.38. The van der Waals surface area contributed by atoms with E-state index in [0.717, 1.165) is 64.8 Å². The van der Waals surface area contributed by atoms with Crippen LogP contribution < -0.4 is 25.0 Å².